The normalized spacial score (nSPS) is 16.9. The molecule has 13 heteroatoms. The fourth-order valence-electron chi connectivity index (χ4n) is 4.74. The van der Waals surface area contributed by atoms with Gasteiger partial charge in [0, 0.05) is 17.4 Å². The van der Waals surface area contributed by atoms with Crippen LogP contribution in [0, 0.1) is 6.92 Å². The number of amides is 1. The van der Waals surface area contributed by atoms with Gasteiger partial charge in [-0.1, -0.05) is 59.4 Å². The number of nitrogens with one attached hydrogen (secondary N) is 2. The van der Waals surface area contributed by atoms with Gasteiger partial charge in [-0.05, 0) is 58.5 Å². The van der Waals surface area contributed by atoms with Crippen molar-refractivity contribution in [3.63, 3.8) is 0 Å². The maximum Gasteiger partial charge on any atom is 0.255 e. The zero-order chi connectivity index (χ0) is 32.0. The van der Waals surface area contributed by atoms with E-state index in [0.29, 0.717) is 11.3 Å². The first-order chi connectivity index (χ1) is 19.8. The summed E-state index contributed by atoms with van der Waals surface area (Å²) in [5, 5.41) is 16.4. The molecule has 2 aromatic carbocycles. The van der Waals surface area contributed by atoms with Crippen LogP contribution in [0.15, 0.2) is 57.1 Å². The summed E-state index contributed by atoms with van der Waals surface area (Å²) in [5.74, 6) is -0.210. The molecule has 1 amide bonds. The average Bonchev–Trinajstić information content (AvgIpc) is 3.49. The number of carbonyl (C=O) groups is 1. The first kappa shape index (κ1) is 32.2. The van der Waals surface area contributed by atoms with Crippen LogP contribution >= 0.6 is 11.8 Å². The van der Waals surface area contributed by atoms with Crippen LogP contribution in [0.5, 0.6) is 5.75 Å². The van der Waals surface area contributed by atoms with Gasteiger partial charge in [-0.15, -0.1) is 10.2 Å². The van der Waals surface area contributed by atoms with Crippen molar-refractivity contribution in [2.24, 2.45) is 22.5 Å². The van der Waals surface area contributed by atoms with E-state index in [2.05, 4.69) is 51.2 Å². The highest BCUT2D eigenvalue weighted by atomic mass is 32.2. The van der Waals surface area contributed by atoms with Crippen LogP contribution in [0.4, 0.5) is 11.4 Å². The highest BCUT2D eigenvalue weighted by Crippen LogP contribution is 2.42. The summed E-state index contributed by atoms with van der Waals surface area (Å²) in [6.07, 6.45) is 4.50. The number of methoxy groups -OCH3 is 1. The minimum atomic E-state index is -3.62. The number of ether oxygens (including phenoxy) is 1. The van der Waals surface area contributed by atoms with E-state index in [1.807, 2.05) is 45.4 Å². The molecule has 0 saturated carbocycles. The molecule has 0 radical (unpaired) electrons. The van der Waals surface area contributed by atoms with Gasteiger partial charge >= 0.3 is 0 Å². The number of benzene rings is 2. The zero-order valence-corrected chi connectivity index (χ0v) is 27.9. The molecule has 0 spiro atoms. The van der Waals surface area contributed by atoms with Crippen LogP contribution in [0.1, 0.15) is 74.3 Å². The molecule has 2 heterocycles. The number of sulfonamides is 1. The Bertz CT molecular complexity index is 1720. The third-order valence-corrected chi connectivity index (χ3v) is 8.61. The lowest BCUT2D eigenvalue weighted by atomic mass is 9.84. The van der Waals surface area contributed by atoms with Gasteiger partial charge in [-0.25, -0.2) is 13.4 Å². The molecule has 1 aliphatic rings. The van der Waals surface area contributed by atoms with Crippen molar-refractivity contribution in [3.8, 4) is 5.75 Å². The topological polar surface area (TPSA) is 139 Å². The molecular formula is C30H39N7O4S2. The molecule has 0 saturated heterocycles. The Kier molecular flexibility index (Phi) is 8.55. The highest BCUT2D eigenvalue weighted by Gasteiger charge is 2.41. The van der Waals surface area contributed by atoms with Crippen LogP contribution < -0.4 is 14.8 Å². The second-order valence-electron chi connectivity index (χ2n) is 12.6. The number of rotatable bonds is 8. The number of imidazole rings is 1. The number of aromatic nitrogens is 2. The lowest BCUT2D eigenvalue weighted by Gasteiger charge is -2.26. The molecule has 230 valence electrons. The van der Waals surface area contributed by atoms with E-state index in [0.717, 1.165) is 33.8 Å². The first-order valence-corrected chi connectivity index (χ1v) is 16.4. The number of hydrogen-bond donors (Lipinski definition) is 2. The van der Waals surface area contributed by atoms with Gasteiger partial charge in [0.25, 0.3) is 5.91 Å². The number of nitrogens with zero attached hydrogens (tertiary/aromatic N) is 5. The Morgan fingerprint density at radius 2 is 1.74 bits per heavy atom. The Labute approximate surface area is 257 Å². The summed E-state index contributed by atoms with van der Waals surface area (Å²) in [5.41, 5.74) is 2.71. The van der Waals surface area contributed by atoms with E-state index in [9.17, 15) is 13.2 Å². The number of hydrogen-bond acceptors (Lipinski definition) is 9. The number of aryl methyl sites for hydroxylation is 1. The standard InChI is InChI=1S/C30H39N7O4S2/c1-18-11-12-19(13-21(18)30(17-32-36-35-30)24-16-31-27(37(24)8)42-29(5,6)7)26(38)33-22-14-20(28(2,3)4)15-23(25(22)41-9)34-43(10,39)40/h11-17,34H,1-10H3,(H,33,38). The molecule has 1 atom stereocenters. The average molecular weight is 626 g/mol. The molecule has 1 unspecified atom stereocenters. The molecule has 3 aromatic rings. The quantitative estimate of drug-likeness (QED) is 0.284. The van der Waals surface area contributed by atoms with E-state index in [1.54, 1.807) is 48.4 Å². The predicted molar refractivity (Wildman–Crippen MR) is 172 cm³/mol. The van der Waals surface area contributed by atoms with Crippen LogP contribution in [-0.4, -0.2) is 48.2 Å². The maximum absolute atomic E-state index is 13.8. The number of carbonyl (C=O) groups excluding carboxylic acids is 1. The molecule has 2 N–H and O–H groups in total. The summed E-state index contributed by atoms with van der Waals surface area (Å²) >= 11 is 1.64. The fourth-order valence-corrected chi connectivity index (χ4v) is 6.18. The monoisotopic (exact) mass is 625 g/mol. The molecule has 0 bridgehead atoms. The number of anilines is 2. The molecule has 1 aliphatic heterocycles. The first-order valence-electron chi connectivity index (χ1n) is 13.6. The van der Waals surface area contributed by atoms with Crippen molar-refractivity contribution in [1.29, 1.82) is 0 Å². The lowest BCUT2D eigenvalue weighted by molar-refractivity contribution is 0.102. The van der Waals surface area contributed by atoms with E-state index < -0.39 is 21.5 Å². The number of thioether (sulfide) groups is 1. The summed E-state index contributed by atoms with van der Waals surface area (Å²) in [7, 11) is -0.261. The second-order valence-corrected chi connectivity index (χ2v) is 16.2. The largest absolute Gasteiger partial charge is 0.492 e. The lowest BCUT2D eigenvalue weighted by Crippen LogP contribution is -2.29. The fraction of sp³-hybridized carbons (Fsp3) is 0.433. The third kappa shape index (κ3) is 6.93. The highest BCUT2D eigenvalue weighted by molar-refractivity contribution is 8.00. The minimum absolute atomic E-state index is 0.0508. The minimum Gasteiger partial charge on any atom is -0.492 e. The Morgan fingerprint density at radius 1 is 1.07 bits per heavy atom. The summed E-state index contributed by atoms with van der Waals surface area (Å²) in [4.78, 5) is 18.4. The smallest absolute Gasteiger partial charge is 0.255 e. The molecule has 11 nitrogen and oxygen atoms in total. The summed E-state index contributed by atoms with van der Waals surface area (Å²) in [6, 6.07) is 8.87. The van der Waals surface area contributed by atoms with Crippen LogP contribution in [0.3, 0.4) is 0 Å². The SMILES string of the molecule is COc1c(NC(=O)c2ccc(C)c(C3(c4cnc(SC(C)(C)C)n4C)C=NN=N3)c2)cc(C(C)(C)C)cc1NS(C)(=O)=O. The molecule has 43 heavy (non-hydrogen) atoms. The Morgan fingerprint density at radius 3 is 2.30 bits per heavy atom. The van der Waals surface area contributed by atoms with Gasteiger partial charge < -0.3 is 14.6 Å². The maximum atomic E-state index is 13.8. The second kappa shape index (κ2) is 11.4. The van der Waals surface area contributed by atoms with E-state index >= 15 is 0 Å². The van der Waals surface area contributed by atoms with Crippen molar-refractivity contribution in [2.45, 2.75) is 69.3 Å². The molecular weight excluding hydrogens is 587 g/mol. The summed E-state index contributed by atoms with van der Waals surface area (Å²) in [6.45, 7) is 14.3. The van der Waals surface area contributed by atoms with Crippen LogP contribution in [-0.2, 0) is 28.0 Å². The molecule has 0 aliphatic carbocycles. The Hall–Kier alpha value is -3.71. The van der Waals surface area contributed by atoms with Crippen molar-refractivity contribution >= 4 is 45.3 Å². The van der Waals surface area contributed by atoms with E-state index in [1.165, 1.54) is 7.11 Å². The van der Waals surface area contributed by atoms with Gasteiger partial charge in [0.05, 0.1) is 42.8 Å². The predicted octanol–water partition coefficient (Wildman–Crippen LogP) is 6.24. The third-order valence-electron chi connectivity index (χ3n) is 6.85. The summed E-state index contributed by atoms with van der Waals surface area (Å²) < 4.78 is 34.3. The van der Waals surface area contributed by atoms with E-state index in [4.69, 9.17) is 4.74 Å². The van der Waals surface area contributed by atoms with Gasteiger partial charge in [-0.2, -0.15) is 0 Å². The van der Waals surface area contributed by atoms with E-state index in [-0.39, 0.29) is 21.6 Å². The zero-order valence-electron chi connectivity index (χ0n) is 26.2. The van der Waals surface area contributed by atoms with Crippen molar-refractivity contribution < 1.29 is 17.9 Å². The van der Waals surface area contributed by atoms with Gasteiger partial charge in [0.15, 0.2) is 16.4 Å². The van der Waals surface area contributed by atoms with Gasteiger partial charge in [0.1, 0.15) is 0 Å². The van der Waals surface area contributed by atoms with Gasteiger partial charge in [0.2, 0.25) is 10.0 Å². The molecule has 4 rings (SSSR count). The Balaban J connectivity index is 1.79. The van der Waals surface area contributed by atoms with Gasteiger partial charge in [-0.3, -0.25) is 9.52 Å². The van der Waals surface area contributed by atoms with Crippen molar-refractivity contribution in [3.05, 3.63) is 64.5 Å². The van der Waals surface area contributed by atoms with Crippen molar-refractivity contribution in [2.75, 3.05) is 23.4 Å². The molecule has 1 aromatic heterocycles. The van der Waals surface area contributed by atoms with Crippen molar-refractivity contribution in [1.82, 2.24) is 9.55 Å². The van der Waals surface area contributed by atoms with Crippen LogP contribution in [0.25, 0.3) is 0 Å². The van der Waals surface area contributed by atoms with Crippen LogP contribution in [0.2, 0.25) is 0 Å². The molecule has 0 fully saturated rings.